The number of nitrogens with zero attached hydrogens (tertiary/aromatic N) is 3. The number of ether oxygens (including phenoxy) is 1. The van der Waals surface area contributed by atoms with Gasteiger partial charge < -0.3 is 10.1 Å². The molecule has 0 spiro atoms. The van der Waals surface area contributed by atoms with Crippen LogP contribution in [0.2, 0.25) is 0 Å². The summed E-state index contributed by atoms with van der Waals surface area (Å²) in [7, 11) is 0. The number of carbonyl (C=O) groups is 1. The highest BCUT2D eigenvalue weighted by Gasteiger charge is 2.18. The van der Waals surface area contributed by atoms with Crippen LogP contribution in [0, 0.1) is 0 Å². The maximum atomic E-state index is 12.0. The minimum Gasteiger partial charge on any atom is -0.462 e. The number of esters is 1. The van der Waals surface area contributed by atoms with Crippen LogP contribution in [0.1, 0.15) is 12.0 Å². The van der Waals surface area contributed by atoms with E-state index < -0.39 is 0 Å². The number of halogens is 3. The molecule has 1 fully saturated rings. The highest BCUT2D eigenvalue weighted by molar-refractivity contribution is 9.10. The molecule has 1 saturated heterocycles. The number of rotatable bonds is 4. The number of hydrogen-bond acceptors (Lipinski definition) is 6. The fraction of sp³-hybridized carbons (Fsp3) is 0.200. The third kappa shape index (κ3) is 5.99. The van der Waals surface area contributed by atoms with Crippen molar-refractivity contribution in [2.45, 2.75) is 12.8 Å². The predicted molar refractivity (Wildman–Crippen MR) is 126 cm³/mol. The number of carbonyl (C=O) groups excluding carboxylic acids is 1. The molecule has 0 aromatic carbocycles. The van der Waals surface area contributed by atoms with Crippen LogP contribution in [0.25, 0.3) is 5.65 Å². The van der Waals surface area contributed by atoms with E-state index in [-0.39, 0.29) is 11.5 Å². The number of cyclic esters (lactones) is 1. The van der Waals surface area contributed by atoms with Crippen LogP contribution in [0.15, 0.2) is 68.4 Å². The molecule has 3 aromatic rings. The monoisotopic (exact) mass is 598 g/mol. The molecule has 10 heteroatoms. The first-order valence-electron chi connectivity index (χ1n) is 8.94. The minimum absolute atomic E-state index is 0.000694. The molecule has 0 radical (unpaired) electrons. The average molecular weight is 601 g/mol. The van der Waals surface area contributed by atoms with Crippen molar-refractivity contribution in [1.29, 1.82) is 0 Å². The van der Waals surface area contributed by atoms with Gasteiger partial charge in [-0.25, -0.2) is 14.8 Å². The highest BCUT2D eigenvalue weighted by atomic mass is 79.9. The Hall–Kier alpha value is -2.04. The molecule has 7 nitrogen and oxygen atoms in total. The second-order valence-corrected chi connectivity index (χ2v) is 8.79. The smallest absolute Gasteiger partial charge is 0.335 e. The topological polar surface area (TPSA) is 85.6 Å². The van der Waals surface area contributed by atoms with Gasteiger partial charge in [0.25, 0.3) is 5.56 Å². The lowest BCUT2D eigenvalue weighted by atomic mass is 10.2. The molecule has 3 aromatic heterocycles. The second kappa shape index (κ2) is 10.8. The van der Waals surface area contributed by atoms with Gasteiger partial charge in [0.05, 0.1) is 12.2 Å². The Labute approximate surface area is 198 Å². The van der Waals surface area contributed by atoms with E-state index in [0.717, 1.165) is 19.8 Å². The summed E-state index contributed by atoms with van der Waals surface area (Å²) in [6.45, 7) is 0.472. The van der Waals surface area contributed by atoms with Crippen LogP contribution < -0.4 is 10.9 Å². The molecule has 1 aliphatic heterocycles. The number of pyridine rings is 2. The normalized spacial score (nSPS) is 14.4. The highest BCUT2D eigenvalue weighted by Crippen LogP contribution is 2.15. The molecule has 0 bridgehead atoms. The van der Waals surface area contributed by atoms with Crippen molar-refractivity contribution in [1.82, 2.24) is 14.4 Å². The van der Waals surface area contributed by atoms with E-state index in [0.29, 0.717) is 36.5 Å². The number of nitrogens with one attached hydrogen (secondary N) is 1. The number of anilines is 1. The lowest BCUT2D eigenvalue weighted by Gasteiger charge is -2.02. The molecule has 0 amide bonds. The van der Waals surface area contributed by atoms with Crippen molar-refractivity contribution >= 4 is 65.2 Å². The lowest BCUT2D eigenvalue weighted by molar-refractivity contribution is -0.135. The van der Waals surface area contributed by atoms with E-state index in [1.165, 1.54) is 0 Å². The molecular formula is C20H17Br3N4O3. The third-order valence-electron chi connectivity index (χ3n) is 4.09. The molecule has 156 valence electrons. The van der Waals surface area contributed by atoms with Gasteiger partial charge in [-0.1, -0.05) is 15.9 Å². The van der Waals surface area contributed by atoms with E-state index >= 15 is 0 Å². The Bertz CT molecular complexity index is 1130. The van der Waals surface area contributed by atoms with Crippen LogP contribution in [0.3, 0.4) is 0 Å². The summed E-state index contributed by atoms with van der Waals surface area (Å²) in [6.07, 6.45) is 8.07. The Kier molecular flexibility index (Phi) is 8.17. The average Bonchev–Trinajstić information content (AvgIpc) is 3.15. The number of aryl methyl sites for hydroxylation is 1. The fourth-order valence-corrected chi connectivity index (χ4v) is 3.56. The van der Waals surface area contributed by atoms with Crippen LogP contribution in [0.5, 0.6) is 0 Å². The van der Waals surface area contributed by atoms with Gasteiger partial charge in [-0.05, 0) is 62.5 Å². The first kappa shape index (κ1) is 22.6. The molecule has 1 N–H and O–H groups in total. The zero-order chi connectivity index (χ0) is 21.5. The summed E-state index contributed by atoms with van der Waals surface area (Å²) >= 11 is 9.94. The van der Waals surface area contributed by atoms with Gasteiger partial charge in [-0.2, -0.15) is 0 Å². The standard InChI is InChI=1S/C10H8Br2N2O.C10H9BrN2O2/c11-4-3-7-5-13-9-2-1-8(12)6-14(9)10(7)15;11-8-1-2-9(13-6-8)12-5-7-3-4-15-10(7)14/h1-2,5-6H,3-4H2;1-2,5-6H,3-4H2,(H,12,13)/b;7-5+. The summed E-state index contributed by atoms with van der Waals surface area (Å²) < 4.78 is 8.14. The molecule has 0 aliphatic carbocycles. The van der Waals surface area contributed by atoms with Gasteiger partial charge in [-0.3, -0.25) is 9.20 Å². The fourth-order valence-electron chi connectivity index (χ4n) is 2.56. The SMILES string of the molecule is O=C1OCC/C1=C\Nc1ccc(Br)cn1.O=c1c(CCBr)cnc2ccc(Br)cn12. The molecule has 4 rings (SSSR count). The predicted octanol–water partition coefficient (Wildman–Crippen LogP) is 4.48. The third-order valence-corrected chi connectivity index (χ3v) is 5.42. The molecule has 0 unspecified atom stereocenters. The van der Waals surface area contributed by atoms with E-state index in [1.54, 1.807) is 29.2 Å². The van der Waals surface area contributed by atoms with Crippen LogP contribution in [0.4, 0.5) is 5.82 Å². The first-order valence-corrected chi connectivity index (χ1v) is 11.6. The molecule has 30 heavy (non-hydrogen) atoms. The van der Waals surface area contributed by atoms with Gasteiger partial charge in [-0.15, -0.1) is 0 Å². The molecule has 1 aliphatic rings. The molecule has 0 saturated carbocycles. The van der Waals surface area contributed by atoms with Crippen molar-refractivity contribution in [2.24, 2.45) is 0 Å². The number of fused-ring (bicyclic) bond motifs is 1. The number of hydrogen-bond donors (Lipinski definition) is 1. The van der Waals surface area contributed by atoms with Gasteiger partial charge in [0.1, 0.15) is 11.5 Å². The van der Waals surface area contributed by atoms with Gasteiger partial charge in [0.2, 0.25) is 0 Å². The summed E-state index contributed by atoms with van der Waals surface area (Å²) in [6, 6.07) is 7.37. The number of aromatic nitrogens is 3. The summed E-state index contributed by atoms with van der Waals surface area (Å²) in [5, 5.41) is 3.72. The molecular weight excluding hydrogens is 584 g/mol. The van der Waals surface area contributed by atoms with Crippen molar-refractivity contribution in [3.8, 4) is 0 Å². The largest absolute Gasteiger partial charge is 0.462 e. The van der Waals surface area contributed by atoms with E-state index in [2.05, 4.69) is 63.1 Å². The van der Waals surface area contributed by atoms with E-state index in [9.17, 15) is 9.59 Å². The zero-order valence-corrected chi connectivity index (χ0v) is 20.4. The maximum Gasteiger partial charge on any atom is 0.335 e. The van der Waals surface area contributed by atoms with Crippen molar-refractivity contribution in [3.05, 3.63) is 79.5 Å². The van der Waals surface area contributed by atoms with Crippen molar-refractivity contribution in [2.75, 3.05) is 17.3 Å². The second-order valence-electron chi connectivity index (χ2n) is 6.16. The van der Waals surface area contributed by atoms with E-state index in [1.807, 2.05) is 24.3 Å². The first-order chi connectivity index (χ1) is 14.5. The Morgan fingerprint density at radius 2 is 1.90 bits per heavy atom. The Morgan fingerprint density at radius 3 is 2.57 bits per heavy atom. The van der Waals surface area contributed by atoms with Crippen LogP contribution >= 0.6 is 47.8 Å². The van der Waals surface area contributed by atoms with Gasteiger partial charge >= 0.3 is 5.97 Å². The number of alkyl halides is 1. The van der Waals surface area contributed by atoms with Gasteiger partial charge in [0.15, 0.2) is 0 Å². The quantitative estimate of drug-likeness (QED) is 0.270. The summed E-state index contributed by atoms with van der Waals surface area (Å²) in [5.74, 6) is 0.449. The van der Waals surface area contributed by atoms with Crippen molar-refractivity contribution < 1.29 is 9.53 Å². The van der Waals surface area contributed by atoms with E-state index in [4.69, 9.17) is 4.74 Å². The lowest BCUT2D eigenvalue weighted by Crippen LogP contribution is -2.19. The van der Waals surface area contributed by atoms with Crippen molar-refractivity contribution in [3.63, 3.8) is 0 Å². The summed E-state index contributed by atoms with van der Waals surface area (Å²) in [5.41, 5.74) is 2.05. The molecule has 4 heterocycles. The maximum absolute atomic E-state index is 12.0. The van der Waals surface area contributed by atoms with Gasteiger partial charge in [0, 0.05) is 51.1 Å². The Balaban J connectivity index is 0.000000171. The Morgan fingerprint density at radius 1 is 1.10 bits per heavy atom. The summed E-state index contributed by atoms with van der Waals surface area (Å²) in [4.78, 5) is 31.4. The zero-order valence-electron chi connectivity index (χ0n) is 15.6. The molecule has 0 atom stereocenters. The van der Waals surface area contributed by atoms with Crippen LogP contribution in [-0.2, 0) is 16.0 Å². The minimum atomic E-state index is -0.250. The van der Waals surface area contributed by atoms with Crippen LogP contribution in [-0.4, -0.2) is 32.3 Å².